The molecule has 0 saturated carbocycles. The molecule has 12 heteroatoms. The summed E-state index contributed by atoms with van der Waals surface area (Å²) in [6.45, 7) is 1.89. The summed E-state index contributed by atoms with van der Waals surface area (Å²) in [6.07, 6.45) is 1.61. The molecule has 0 unspecified atom stereocenters. The van der Waals surface area contributed by atoms with Crippen LogP contribution in [0.3, 0.4) is 0 Å². The first-order valence-electron chi connectivity index (χ1n) is 10.3. The number of aromatic amines is 1. The maximum absolute atomic E-state index is 12.8. The van der Waals surface area contributed by atoms with Gasteiger partial charge in [0.1, 0.15) is 0 Å². The molecular formula is C22H19N5O6S. The van der Waals surface area contributed by atoms with E-state index in [-0.39, 0.29) is 35.7 Å². The number of hydrogen-bond acceptors (Lipinski definition) is 8. The molecule has 5 rings (SSSR count). The number of fused-ring (bicyclic) bond motifs is 2. The number of carbonyl (C=O) groups is 3. The zero-order chi connectivity index (χ0) is 24.0. The fraction of sp³-hybridized carbons (Fsp3) is 0.227. The number of imide groups is 1. The van der Waals surface area contributed by atoms with Crippen LogP contribution in [0.2, 0.25) is 0 Å². The number of aromatic nitrogens is 3. The molecule has 0 radical (unpaired) electrons. The van der Waals surface area contributed by atoms with Gasteiger partial charge in [0.05, 0.1) is 15.9 Å². The Morgan fingerprint density at radius 3 is 2.85 bits per heavy atom. The second kappa shape index (κ2) is 8.37. The van der Waals surface area contributed by atoms with Gasteiger partial charge in [-0.05, 0) is 48.5 Å². The summed E-state index contributed by atoms with van der Waals surface area (Å²) in [5.74, 6) is 0.271. The molecule has 1 fully saturated rings. The Hall–Kier alpha value is -4.06. The molecule has 0 spiro atoms. The zero-order valence-electron chi connectivity index (χ0n) is 18.2. The van der Waals surface area contributed by atoms with E-state index in [1.807, 2.05) is 0 Å². The van der Waals surface area contributed by atoms with Gasteiger partial charge < -0.3 is 14.8 Å². The number of rotatable bonds is 5. The molecule has 4 heterocycles. The van der Waals surface area contributed by atoms with Gasteiger partial charge in [0.2, 0.25) is 6.79 Å². The van der Waals surface area contributed by atoms with E-state index in [1.54, 1.807) is 38.2 Å². The highest BCUT2D eigenvalue weighted by molar-refractivity contribution is 8.18. The Kier molecular flexibility index (Phi) is 5.36. The third kappa shape index (κ3) is 3.81. The van der Waals surface area contributed by atoms with Crippen LogP contribution in [0.25, 0.3) is 17.1 Å². The molecule has 1 aromatic carbocycles. The minimum Gasteiger partial charge on any atom is -0.454 e. The summed E-state index contributed by atoms with van der Waals surface area (Å²) < 4.78 is 12.1. The van der Waals surface area contributed by atoms with Crippen LogP contribution in [0.4, 0.5) is 4.79 Å². The number of benzene rings is 1. The first-order chi connectivity index (χ1) is 16.3. The molecule has 0 aliphatic carbocycles. The van der Waals surface area contributed by atoms with Gasteiger partial charge in [-0.15, -0.1) is 0 Å². The minimum absolute atomic E-state index is 0.00671. The van der Waals surface area contributed by atoms with Crippen molar-refractivity contribution in [2.45, 2.75) is 6.92 Å². The lowest BCUT2D eigenvalue weighted by Gasteiger charge is -2.13. The third-order valence-electron chi connectivity index (χ3n) is 5.38. The van der Waals surface area contributed by atoms with Crippen molar-refractivity contribution in [3.05, 3.63) is 56.3 Å². The molecule has 34 heavy (non-hydrogen) atoms. The van der Waals surface area contributed by atoms with Gasteiger partial charge in [0.15, 0.2) is 17.1 Å². The average molecular weight is 481 g/mol. The van der Waals surface area contributed by atoms with Crippen molar-refractivity contribution in [1.29, 1.82) is 0 Å². The fourth-order valence-corrected chi connectivity index (χ4v) is 4.65. The van der Waals surface area contributed by atoms with Crippen LogP contribution in [-0.2, 0) is 11.8 Å². The van der Waals surface area contributed by atoms with E-state index in [1.165, 1.54) is 10.7 Å². The predicted molar refractivity (Wildman–Crippen MR) is 124 cm³/mol. The monoisotopic (exact) mass is 481 g/mol. The van der Waals surface area contributed by atoms with Crippen molar-refractivity contribution in [3.8, 4) is 11.5 Å². The number of nitrogens with one attached hydrogen (secondary N) is 2. The molecular weight excluding hydrogens is 462 g/mol. The summed E-state index contributed by atoms with van der Waals surface area (Å²) in [4.78, 5) is 55.8. The number of H-pyrrole nitrogens is 1. The maximum Gasteiger partial charge on any atom is 0.293 e. The highest BCUT2D eigenvalue weighted by Crippen LogP contribution is 2.36. The van der Waals surface area contributed by atoms with E-state index in [0.29, 0.717) is 28.4 Å². The molecule has 2 aliphatic rings. The highest BCUT2D eigenvalue weighted by atomic mass is 32.2. The normalized spacial score (nSPS) is 16.2. The number of carbonyl (C=O) groups excluding carboxylic acids is 3. The molecule has 2 N–H and O–H groups in total. The molecule has 0 atom stereocenters. The summed E-state index contributed by atoms with van der Waals surface area (Å²) in [5, 5.41) is 5.03. The van der Waals surface area contributed by atoms with Crippen LogP contribution in [0.1, 0.15) is 21.6 Å². The van der Waals surface area contributed by atoms with Gasteiger partial charge in [0.25, 0.3) is 22.6 Å². The Labute approximate surface area is 196 Å². The molecule has 2 aliphatic heterocycles. The molecule has 11 nitrogen and oxygen atoms in total. The van der Waals surface area contributed by atoms with Crippen molar-refractivity contribution < 1.29 is 23.9 Å². The SMILES string of the molecule is Cc1cc(C(=O)NCCN2C(=O)S/C(=C\c3ccc4c(c3)OCO4)C2=O)c2c(=O)[nH]n(C)c2n1. The number of nitrogens with zero attached hydrogens (tertiary/aromatic N) is 3. The van der Waals surface area contributed by atoms with Gasteiger partial charge in [-0.1, -0.05) is 6.07 Å². The predicted octanol–water partition coefficient (Wildman–Crippen LogP) is 1.77. The van der Waals surface area contributed by atoms with Crippen LogP contribution in [0.5, 0.6) is 11.5 Å². The number of ether oxygens (including phenoxy) is 2. The molecule has 3 amide bonds. The number of thioether (sulfide) groups is 1. The van der Waals surface area contributed by atoms with Gasteiger partial charge in [-0.3, -0.25) is 33.9 Å². The van der Waals surface area contributed by atoms with Crippen LogP contribution in [0, 0.1) is 6.92 Å². The number of pyridine rings is 1. The van der Waals surface area contributed by atoms with Gasteiger partial charge >= 0.3 is 0 Å². The van der Waals surface area contributed by atoms with Crippen molar-refractivity contribution in [2.24, 2.45) is 7.05 Å². The van der Waals surface area contributed by atoms with Crippen LogP contribution < -0.4 is 20.3 Å². The molecule has 174 valence electrons. The molecule has 2 aromatic heterocycles. The third-order valence-corrected chi connectivity index (χ3v) is 6.28. The summed E-state index contributed by atoms with van der Waals surface area (Å²) in [6, 6.07) is 6.77. The lowest BCUT2D eigenvalue weighted by Crippen LogP contribution is -2.37. The Bertz CT molecular complexity index is 1460. The summed E-state index contributed by atoms with van der Waals surface area (Å²) in [5.41, 5.74) is 1.41. The zero-order valence-corrected chi connectivity index (χ0v) is 19.0. The van der Waals surface area contributed by atoms with Crippen molar-refractivity contribution in [2.75, 3.05) is 19.9 Å². The Morgan fingerprint density at radius 1 is 1.24 bits per heavy atom. The van der Waals surface area contributed by atoms with E-state index in [0.717, 1.165) is 16.7 Å². The van der Waals surface area contributed by atoms with E-state index in [9.17, 15) is 19.2 Å². The van der Waals surface area contributed by atoms with E-state index in [2.05, 4.69) is 15.4 Å². The lowest BCUT2D eigenvalue weighted by molar-refractivity contribution is -0.122. The standard InChI is InChI=1S/C22H19N5O6S/c1-11-7-13(17-18(24-11)26(2)25-20(17)29)19(28)23-5-6-27-21(30)16(34-22(27)31)9-12-3-4-14-15(8-12)33-10-32-14/h3-4,7-9H,5-6,10H2,1-2H3,(H,23,28)(H,25,29)/b16-9-. The van der Waals surface area contributed by atoms with Crippen LogP contribution in [-0.4, -0.2) is 56.6 Å². The van der Waals surface area contributed by atoms with Gasteiger partial charge in [-0.2, -0.15) is 0 Å². The van der Waals surface area contributed by atoms with Crippen LogP contribution in [0.15, 0.2) is 34.0 Å². The molecule has 1 saturated heterocycles. The Morgan fingerprint density at radius 2 is 2.03 bits per heavy atom. The topological polar surface area (TPSA) is 136 Å². The quantitative estimate of drug-likeness (QED) is 0.527. The molecule has 3 aromatic rings. The smallest absolute Gasteiger partial charge is 0.293 e. The van der Waals surface area contributed by atoms with Gasteiger partial charge in [0, 0.05) is 25.8 Å². The maximum atomic E-state index is 12.8. The summed E-state index contributed by atoms with van der Waals surface area (Å²) in [7, 11) is 1.63. The largest absolute Gasteiger partial charge is 0.454 e. The minimum atomic E-state index is -0.491. The second-order valence-electron chi connectivity index (χ2n) is 7.71. The number of amides is 3. The van der Waals surface area contributed by atoms with E-state index < -0.39 is 22.6 Å². The first-order valence-corrected chi connectivity index (χ1v) is 11.1. The van der Waals surface area contributed by atoms with Crippen LogP contribution >= 0.6 is 11.8 Å². The van der Waals surface area contributed by atoms with E-state index in [4.69, 9.17) is 9.47 Å². The average Bonchev–Trinajstić information content (AvgIpc) is 3.45. The Balaban J connectivity index is 1.27. The van der Waals surface area contributed by atoms with Gasteiger partial charge in [-0.25, -0.2) is 4.98 Å². The highest BCUT2D eigenvalue weighted by Gasteiger charge is 2.35. The lowest BCUT2D eigenvalue weighted by atomic mass is 10.1. The summed E-state index contributed by atoms with van der Waals surface area (Å²) >= 11 is 0.831. The number of aryl methyl sites for hydroxylation is 2. The van der Waals surface area contributed by atoms with E-state index >= 15 is 0 Å². The van der Waals surface area contributed by atoms with Crippen molar-refractivity contribution >= 4 is 45.9 Å². The first kappa shape index (κ1) is 21.8. The molecule has 0 bridgehead atoms. The van der Waals surface area contributed by atoms with Crippen molar-refractivity contribution in [1.82, 2.24) is 25.0 Å². The fourth-order valence-electron chi connectivity index (χ4n) is 3.79. The second-order valence-corrected chi connectivity index (χ2v) is 8.70. The number of hydrogen-bond donors (Lipinski definition) is 2. The van der Waals surface area contributed by atoms with Crippen molar-refractivity contribution in [3.63, 3.8) is 0 Å².